The Labute approximate surface area is 95.6 Å². The highest BCUT2D eigenvalue weighted by molar-refractivity contribution is 7.53. The van der Waals surface area contributed by atoms with Gasteiger partial charge in [-0.2, -0.15) is 0 Å². The highest BCUT2D eigenvalue weighted by Crippen LogP contribution is 2.43. The van der Waals surface area contributed by atoms with Crippen molar-refractivity contribution in [3.63, 3.8) is 0 Å². The molecule has 0 rings (SSSR count). The molecule has 0 radical (unpaired) electrons. The van der Waals surface area contributed by atoms with Crippen LogP contribution in [0.4, 0.5) is 0 Å². The fraction of sp³-hybridized carbons (Fsp3) is 0.600. The van der Waals surface area contributed by atoms with Gasteiger partial charge in [-0.05, 0) is 6.42 Å². The molecule has 0 amide bonds. The van der Waals surface area contributed by atoms with E-state index in [4.69, 9.17) is 34.4 Å². The van der Waals surface area contributed by atoms with Crippen molar-refractivity contribution >= 4 is 27.8 Å². The summed E-state index contributed by atoms with van der Waals surface area (Å²) in [5, 5.41) is 16.5. The fourth-order valence-corrected chi connectivity index (χ4v) is 1.45. The lowest BCUT2D eigenvalue weighted by Crippen LogP contribution is -2.21. The minimum Gasteiger partial charge on any atom is -0.481 e. The summed E-state index contributed by atoms with van der Waals surface area (Å²) >= 11 is 0. The summed E-state index contributed by atoms with van der Waals surface area (Å²) < 4.78 is 19.2. The van der Waals surface area contributed by atoms with Crippen LogP contribution < -0.4 is 0 Å². The van der Waals surface area contributed by atoms with E-state index < -0.39 is 46.3 Å². The summed E-state index contributed by atoms with van der Waals surface area (Å²) in [5.41, 5.74) is -1.93. The summed E-state index contributed by atoms with van der Waals surface area (Å²) in [4.78, 5) is 51.5. The Hall–Kier alpha value is -0.890. The van der Waals surface area contributed by atoms with Crippen molar-refractivity contribution in [3.05, 3.63) is 0 Å². The molecule has 0 heterocycles. The first-order valence-electron chi connectivity index (χ1n) is 3.83. The van der Waals surface area contributed by atoms with Crippen LogP contribution in [0.15, 0.2) is 0 Å². The predicted molar refractivity (Wildman–Crippen MR) is 52.4 cm³/mol. The summed E-state index contributed by atoms with van der Waals surface area (Å²) in [6, 6.07) is 0. The second-order valence-corrected chi connectivity index (χ2v) is 4.94. The fourth-order valence-electron chi connectivity index (χ4n) is 0.696. The Morgan fingerprint density at radius 1 is 1.18 bits per heavy atom. The van der Waals surface area contributed by atoms with Crippen LogP contribution in [-0.4, -0.2) is 47.4 Å². The minimum absolute atomic E-state index is 0.574. The van der Waals surface area contributed by atoms with E-state index in [1.807, 2.05) is 0 Å². The SMILES string of the molecule is O=C(O)CCC(C(=O)O)P(=O)(O)O.O=[P+](O)O. The molecule has 0 aromatic rings. The highest BCUT2D eigenvalue weighted by Gasteiger charge is 2.35. The molecule has 0 bridgehead atoms. The summed E-state index contributed by atoms with van der Waals surface area (Å²) in [6.07, 6.45) is -1.16. The van der Waals surface area contributed by atoms with Gasteiger partial charge in [0.15, 0.2) is 5.66 Å². The van der Waals surface area contributed by atoms with Crippen LogP contribution in [0.1, 0.15) is 12.8 Å². The van der Waals surface area contributed by atoms with Crippen LogP contribution in [0.2, 0.25) is 0 Å². The average Bonchev–Trinajstić information content (AvgIpc) is 1.98. The quantitative estimate of drug-likeness (QED) is 0.346. The zero-order valence-corrected chi connectivity index (χ0v) is 9.99. The van der Waals surface area contributed by atoms with E-state index in [0.29, 0.717) is 0 Å². The molecule has 0 saturated heterocycles. The smallest absolute Gasteiger partial charge is 0.481 e. The Kier molecular flexibility index (Phi) is 8.95. The van der Waals surface area contributed by atoms with Gasteiger partial charge in [-0.3, -0.25) is 14.2 Å². The van der Waals surface area contributed by atoms with Crippen LogP contribution in [0.3, 0.4) is 0 Å². The number of aliphatic carboxylic acids is 2. The topological polar surface area (TPSA) is 190 Å². The van der Waals surface area contributed by atoms with E-state index in [0.717, 1.165) is 0 Å². The minimum atomic E-state index is -4.75. The van der Waals surface area contributed by atoms with Gasteiger partial charge in [0.05, 0.1) is 0 Å². The largest absolute Gasteiger partial charge is 0.692 e. The Bertz CT molecular complexity index is 328. The molecular formula is C5H11O10P2+. The van der Waals surface area contributed by atoms with Gasteiger partial charge in [0.1, 0.15) is 0 Å². The summed E-state index contributed by atoms with van der Waals surface area (Å²) in [6.45, 7) is 0. The number of hydrogen-bond donors (Lipinski definition) is 6. The van der Waals surface area contributed by atoms with Gasteiger partial charge in [-0.25, -0.2) is 0 Å². The Morgan fingerprint density at radius 2 is 1.53 bits per heavy atom. The molecule has 1 atom stereocenters. The van der Waals surface area contributed by atoms with Crippen molar-refractivity contribution in [1.82, 2.24) is 0 Å². The number of hydrogen-bond acceptors (Lipinski definition) is 4. The summed E-state index contributed by atoms with van der Waals surface area (Å²) in [5.74, 6) is -2.98. The van der Waals surface area contributed by atoms with Gasteiger partial charge in [0, 0.05) is 11.0 Å². The molecular weight excluding hydrogens is 282 g/mol. The first-order chi connectivity index (χ1) is 7.48. The van der Waals surface area contributed by atoms with E-state index in [2.05, 4.69) is 0 Å². The molecule has 0 aliphatic heterocycles. The highest BCUT2D eigenvalue weighted by atomic mass is 31.2. The molecule has 0 aromatic heterocycles. The third kappa shape index (κ3) is 13.0. The van der Waals surface area contributed by atoms with Gasteiger partial charge >= 0.3 is 27.8 Å². The molecule has 0 spiro atoms. The molecule has 17 heavy (non-hydrogen) atoms. The lowest BCUT2D eigenvalue weighted by Gasteiger charge is -2.11. The van der Waals surface area contributed by atoms with Crippen LogP contribution >= 0.6 is 15.9 Å². The number of carboxylic acids is 2. The van der Waals surface area contributed by atoms with Crippen molar-refractivity contribution in [2.45, 2.75) is 18.5 Å². The average molecular weight is 293 g/mol. The lowest BCUT2D eigenvalue weighted by molar-refractivity contribution is -0.138. The first kappa shape index (κ1) is 18.5. The van der Waals surface area contributed by atoms with Crippen molar-refractivity contribution in [3.8, 4) is 0 Å². The maximum atomic E-state index is 10.5. The Morgan fingerprint density at radius 3 is 1.71 bits per heavy atom. The van der Waals surface area contributed by atoms with E-state index in [9.17, 15) is 14.2 Å². The standard InChI is InChI=1S/C5H9O7P.HO3P/c6-4(7)2-1-3(5(8)9)13(10,11)12;1-4(2)3/h3H,1-2H2,(H,6,7)(H,8,9)(H2,10,11,12);(H-,1,2,3)/p+1. The maximum Gasteiger partial charge on any atom is 0.692 e. The van der Waals surface area contributed by atoms with Crippen molar-refractivity contribution in [2.24, 2.45) is 0 Å². The molecule has 0 aromatic carbocycles. The normalized spacial score (nSPS) is 12.0. The number of carboxylic acid groups (broad SMARTS) is 2. The zero-order chi connectivity index (χ0) is 14.2. The second kappa shape index (κ2) is 8.24. The zero-order valence-electron chi connectivity index (χ0n) is 8.20. The van der Waals surface area contributed by atoms with E-state index >= 15 is 0 Å². The maximum absolute atomic E-state index is 10.5. The molecule has 1 unspecified atom stereocenters. The van der Waals surface area contributed by atoms with Gasteiger partial charge in [-0.1, -0.05) is 0 Å². The van der Waals surface area contributed by atoms with Gasteiger partial charge in [0.25, 0.3) is 0 Å². The molecule has 10 nitrogen and oxygen atoms in total. The van der Waals surface area contributed by atoms with Crippen LogP contribution in [0, 0.1) is 0 Å². The predicted octanol–water partition coefficient (Wildman–Crippen LogP) is -0.889. The molecule has 100 valence electrons. The van der Waals surface area contributed by atoms with Crippen LogP contribution in [-0.2, 0) is 18.7 Å². The molecule has 0 aliphatic rings. The summed E-state index contributed by atoms with van der Waals surface area (Å²) in [7, 11) is -7.62. The van der Waals surface area contributed by atoms with E-state index in [-0.39, 0.29) is 0 Å². The lowest BCUT2D eigenvalue weighted by atomic mass is 10.2. The number of carbonyl (C=O) groups is 2. The van der Waals surface area contributed by atoms with Crippen LogP contribution in [0.5, 0.6) is 0 Å². The molecule has 0 fully saturated rings. The molecule has 6 N–H and O–H groups in total. The first-order valence-corrected chi connectivity index (χ1v) is 6.68. The monoisotopic (exact) mass is 293 g/mol. The number of rotatable bonds is 5. The van der Waals surface area contributed by atoms with Crippen molar-refractivity contribution in [2.75, 3.05) is 0 Å². The third-order valence-electron chi connectivity index (χ3n) is 1.32. The molecule has 12 heteroatoms. The van der Waals surface area contributed by atoms with Gasteiger partial charge in [0.2, 0.25) is 0 Å². The van der Waals surface area contributed by atoms with Crippen molar-refractivity contribution in [1.29, 1.82) is 0 Å². The third-order valence-corrected chi connectivity index (χ3v) is 2.61. The molecule has 0 aliphatic carbocycles. The van der Waals surface area contributed by atoms with E-state index in [1.165, 1.54) is 0 Å². The van der Waals surface area contributed by atoms with Gasteiger partial charge in [-0.15, -0.1) is 9.79 Å². The van der Waals surface area contributed by atoms with Gasteiger partial charge < -0.3 is 20.0 Å². The van der Waals surface area contributed by atoms with E-state index in [1.54, 1.807) is 0 Å². The Balaban J connectivity index is 0. The van der Waals surface area contributed by atoms with Crippen LogP contribution in [0.25, 0.3) is 0 Å². The van der Waals surface area contributed by atoms with Crippen molar-refractivity contribution < 1.29 is 48.5 Å². The second-order valence-electron chi connectivity index (χ2n) is 2.63. The molecule has 0 saturated carbocycles.